The van der Waals surface area contributed by atoms with Crippen molar-refractivity contribution in [1.82, 2.24) is 15.5 Å². The number of carboxylic acid groups (broad SMARTS) is 1. The number of halogens is 1. The smallest absolute Gasteiger partial charge is 0.372 e. The summed E-state index contributed by atoms with van der Waals surface area (Å²) in [5.41, 5.74) is 1.34. The maximum Gasteiger partial charge on any atom is 0.372 e. The van der Waals surface area contributed by atoms with Gasteiger partial charge in [0.1, 0.15) is 5.69 Å². The first kappa shape index (κ1) is 31.0. The minimum atomic E-state index is -4.10. The summed E-state index contributed by atoms with van der Waals surface area (Å²) in [5, 5.41) is 17.8. The van der Waals surface area contributed by atoms with E-state index < -0.39 is 26.4 Å². The van der Waals surface area contributed by atoms with Gasteiger partial charge in [-0.1, -0.05) is 81.0 Å². The first-order valence-electron chi connectivity index (χ1n) is 11.0. The molecular formula is C22H31ClN3O7PS. The van der Waals surface area contributed by atoms with Crippen LogP contribution in [0.15, 0.2) is 36.4 Å². The molecule has 0 saturated heterocycles. The van der Waals surface area contributed by atoms with Crippen molar-refractivity contribution in [3.05, 3.63) is 41.6 Å². The minimum absolute atomic E-state index is 0.198. The Morgan fingerprint density at radius 3 is 2.37 bits per heavy atom. The van der Waals surface area contributed by atoms with Crippen LogP contribution in [0.5, 0.6) is 5.75 Å². The average molecular weight is 548 g/mol. The summed E-state index contributed by atoms with van der Waals surface area (Å²) < 4.78 is 15.5. The number of unbranched alkanes of at least 4 members (excludes halogenated alkanes) is 5. The average Bonchev–Trinajstić information content (AvgIpc) is 2.78. The lowest BCUT2D eigenvalue weighted by atomic mass is 10.1. The van der Waals surface area contributed by atoms with E-state index in [-0.39, 0.29) is 10.5 Å². The van der Waals surface area contributed by atoms with Crippen LogP contribution in [0.1, 0.15) is 45.4 Å². The van der Waals surface area contributed by atoms with Crippen molar-refractivity contribution in [1.29, 1.82) is 0 Å². The lowest BCUT2D eigenvalue weighted by Crippen LogP contribution is -2.23. The van der Waals surface area contributed by atoms with E-state index in [1.54, 1.807) is 0 Å². The highest BCUT2D eigenvalue weighted by Gasteiger charge is 2.14. The number of carbonyl (C=O) groups is 2. The van der Waals surface area contributed by atoms with Gasteiger partial charge in [-0.3, -0.25) is 14.7 Å². The van der Waals surface area contributed by atoms with Crippen LogP contribution in [-0.2, 0) is 9.36 Å². The fourth-order valence-corrected chi connectivity index (χ4v) is 3.90. The third kappa shape index (κ3) is 15.6. The molecule has 35 heavy (non-hydrogen) atoms. The monoisotopic (exact) mass is 547 g/mol. The molecule has 0 amide bonds. The number of thioether (sulfide) groups is 1. The zero-order chi connectivity index (χ0) is 26.1. The molecule has 10 nitrogen and oxygen atoms in total. The molecule has 0 saturated carbocycles. The fraction of sp³-hybridized carbons (Fsp3) is 0.455. The first-order valence-corrected chi connectivity index (χ1v) is 14.2. The van der Waals surface area contributed by atoms with Gasteiger partial charge < -0.3 is 19.6 Å². The number of carbonyl (C=O) groups excluding carboxylic acids is 1. The minimum Gasteiger partial charge on any atom is -0.480 e. The van der Waals surface area contributed by atoms with E-state index in [4.69, 9.17) is 31.2 Å². The van der Waals surface area contributed by atoms with Crippen molar-refractivity contribution in [2.75, 3.05) is 18.6 Å². The molecule has 0 fully saturated rings. The van der Waals surface area contributed by atoms with Crippen LogP contribution in [0.25, 0.3) is 11.3 Å². The summed E-state index contributed by atoms with van der Waals surface area (Å²) in [7, 11) is -4.10. The molecule has 0 aliphatic rings. The van der Waals surface area contributed by atoms with Crippen LogP contribution in [-0.4, -0.2) is 54.9 Å². The Kier molecular flexibility index (Phi) is 15.4. The van der Waals surface area contributed by atoms with Crippen molar-refractivity contribution in [3.8, 4) is 17.0 Å². The molecule has 194 valence electrons. The molecular weight excluding hydrogens is 517 g/mol. The molecule has 0 aliphatic heterocycles. The first-order chi connectivity index (χ1) is 16.6. The Hall–Kier alpha value is -2.01. The van der Waals surface area contributed by atoms with Gasteiger partial charge in [0.15, 0.2) is 10.9 Å². The molecule has 2 rings (SSSR count). The van der Waals surface area contributed by atoms with E-state index >= 15 is 0 Å². The number of nitrogens with one attached hydrogen (secondary N) is 1. The predicted molar refractivity (Wildman–Crippen MR) is 137 cm³/mol. The molecule has 2 aromatic rings. The highest BCUT2D eigenvalue weighted by molar-refractivity contribution is 8.13. The summed E-state index contributed by atoms with van der Waals surface area (Å²) in [5.74, 6) is -0.0437. The molecule has 0 atom stereocenters. The molecule has 0 radical (unpaired) electrons. The Bertz CT molecular complexity index is 963. The quantitative estimate of drug-likeness (QED) is 0.148. The van der Waals surface area contributed by atoms with Gasteiger partial charge in [0.05, 0.1) is 12.8 Å². The number of hydrogen-bond acceptors (Lipinski definition) is 8. The van der Waals surface area contributed by atoms with Gasteiger partial charge in [-0.15, -0.1) is 10.2 Å². The molecule has 13 heteroatoms. The highest BCUT2D eigenvalue weighted by atomic mass is 35.5. The van der Waals surface area contributed by atoms with Gasteiger partial charge in [-0.2, -0.15) is 0 Å². The highest BCUT2D eigenvalue weighted by Crippen LogP contribution is 2.32. The maximum atomic E-state index is 12.1. The van der Waals surface area contributed by atoms with E-state index in [2.05, 4.69) is 22.4 Å². The molecule has 0 spiro atoms. The number of rotatable bonds is 13. The molecule has 0 aliphatic carbocycles. The van der Waals surface area contributed by atoms with Crippen molar-refractivity contribution in [2.24, 2.45) is 0 Å². The Morgan fingerprint density at radius 1 is 1.09 bits per heavy atom. The lowest BCUT2D eigenvalue weighted by molar-refractivity contribution is -0.135. The van der Waals surface area contributed by atoms with Gasteiger partial charge in [0, 0.05) is 17.4 Å². The Balaban J connectivity index is 0.000000518. The molecule has 1 aromatic heterocycles. The predicted octanol–water partition coefficient (Wildman–Crippen LogP) is 5.19. The Labute approximate surface area is 214 Å². The number of ether oxygens (including phenoxy) is 1. The summed E-state index contributed by atoms with van der Waals surface area (Å²) in [4.78, 5) is 38.2. The van der Waals surface area contributed by atoms with Crippen molar-refractivity contribution < 1.29 is 33.8 Å². The van der Waals surface area contributed by atoms with Gasteiger partial charge in [0.2, 0.25) is 0 Å². The van der Waals surface area contributed by atoms with Crippen LogP contribution < -0.4 is 10.1 Å². The lowest BCUT2D eigenvalue weighted by Gasteiger charge is -2.09. The summed E-state index contributed by atoms with van der Waals surface area (Å²) in [6, 6.07) is 11.0. The normalized spacial score (nSPS) is 10.9. The zero-order valence-corrected chi connectivity index (χ0v) is 21.9. The van der Waals surface area contributed by atoms with Crippen LogP contribution in [0, 0.1) is 0 Å². The SMILES string of the molecule is CCCCCCCCSC(=O)Oc1cc(Cl)nnc1-c1ccccc1.O=C(O)CNCP(=O)(O)O. The van der Waals surface area contributed by atoms with Crippen LogP contribution in [0.3, 0.4) is 0 Å². The fourth-order valence-electron chi connectivity index (χ4n) is 2.69. The van der Waals surface area contributed by atoms with Gasteiger partial charge in [-0.05, 0) is 18.2 Å². The molecule has 4 N–H and O–H groups in total. The van der Waals surface area contributed by atoms with E-state index in [1.807, 2.05) is 30.3 Å². The van der Waals surface area contributed by atoms with Gasteiger partial charge in [-0.25, -0.2) is 4.79 Å². The van der Waals surface area contributed by atoms with Crippen molar-refractivity contribution in [3.63, 3.8) is 0 Å². The number of hydrogen-bond donors (Lipinski definition) is 4. The second-order valence-corrected chi connectivity index (χ2v) is 10.4. The van der Waals surface area contributed by atoms with E-state index in [0.29, 0.717) is 11.4 Å². The second-order valence-electron chi connectivity index (χ2n) is 7.36. The third-order valence-corrected chi connectivity index (χ3v) is 5.91. The number of aliphatic carboxylic acids is 1. The Morgan fingerprint density at radius 2 is 1.74 bits per heavy atom. The largest absolute Gasteiger partial charge is 0.480 e. The molecule has 0 unspecified atom stereocenters. The van der Waals surface area contributed by atoms with Crippen molar-refractivity contribution in [2.45, 2.75) is 45.4 Å². The standard InChI is InChI=1S/C19H23ClN2O2S.C3H8NO5P/c1-2-3-4-5-6-10-13-25-19(23)24-16-14-17(20)21-22-18(16)15-11-8-7-9-12-15;5-3(6)1-4-2-10(7,8)9/h7-9,11-12,14H,2-6,10,13H2,1H3;4H,1-2H2,(H,5,6)(H2,7,8,9). The molecule has 1 aromatic carbocycles. The summed E-state index contributed by atoms with van der Waals surface area (Å²) in [6.45, 7) is 1.76. The summed E-state index contributed by atoms with van der Waals surface area (Å²) >= 11 is 7.10. The van der Waals surface area contributed by atoms with Gasteiger partial charge >= 0.3 is 18.9 Å². The van der Waals surface area contributed by atoms with Crippen LogP contribution >= 0.6 is 31.0 Å². The molecule has 1 heterocycles. The van der Waals surface area contributed by atoms with E-state index in [9.17, 15) is 14.2 Å². The topological polar surface area (TPSA) is 159 Å². The zero-order valence-electron chi connectivity index (χ0n) is 19.4. The van der Waals surface area contributed by atoms with E-state index in [1.165, 1.54) is 43.5 Å². The van der Waals surface area contributed by atoms with E-state index in [0.717, 1.165) is 24.2 Å². The number of nitrogens with zero attached hydrogens (tertiary/aromatic N) is 2. The van der Waals surface area contributed by atoms with Crippen LogP contribution in [0.4, 0.5) is 4.79 Å². The van der Waals surface area contributed by atoms with Gasteiger partial charge in [0.25, 0.3) is 0 Å². The number of aromatic nitrogens is 2. The third-order valence-electron chi connectivity index (χ3n) is 4.28. The maximum absolute atomic E-state index is 12.1. The van der Waals surface area contributed by atoms with Crippen LogP contribution in [0.2, 0.25) is 5.15 Å². The number of carboxylic acids is 1. The number of benzene rings is 1. The molecule has 0 bridgehead atoms. The second kappa shape index (κ2) is 17.4. The summed E-state index contributed by atoms with van der Waals surface area (Å²) in [6.07, 6.45) is 6.60. The van der Waals surface area contributed by atoms with Crippen molar-refractivity contribution >= 4 is 42.2 Å².